The third kappa shape index (κ3) is 3.87. The molecule has 6 heteroatoms. The van der Waals surface area contributed by atoms with Gasteiger partial charge in [-0.2, -0.15) is 5.10 Å². The first-order valence-electron chi connectivity index (χ1n) is 6.30. The van der Waals surface area contributed by atoms with Gasteiger partial charge in [-0.3, -0.25) is 14.6 Å². The van der Waals surface area contributed by atoms with Gasteiger partial charge < -0.3 is 4.90 Å². The van der Waals surface area contributed by atoms with Gasteiger partial charge in [-0.15, -0.1) is 0 Å². The van der Waals surface area contributed by atoms with Crippen molar-refractivity contribution in [3.05, 3.63) is 30.1 Å². The number of rotatable bonds is 2. The first-order valence-corrected chi connectivity index (χ1v) is 6.30. The average molecular weight is 260 g/mol. The maximum Gasteiger partial charge on any atom is 0.329 e. The van der Waals surface area contributed by atoms with Gasteiger partial charge >= 0.3 is 11.8 Å². The number of hydrogen-bond acceptors (Lipinski definition) is 4. The normalized spacial score (nSPS) is 15.5. The molecule has 1 saturated heterocycles. The van der Waals surface area contributed by atoms with Gasteiger partial charge in [0.1, 0.15) is 0 Å². The van der Waals surface area contributed by atoms with E-state index in [1.807, 2.05) is 0 Å². The van der Waals surface area contributed by atoms with Gasteiger partial charge in [0.05, 0.1) is 6.21 Å². The second-order valence-electron chi connectivity index (χ2n) is 4.34. The maximum absolute atomic E-state index is 11.8. The van der Waals surface area contributed by atoms with Crippen molar-refractivity contribution in [2.45, 2.75) is 19.3 Å². The van der Waals surface area contributed by atoms with Crippen molar-refractivity contribution in [3.8, 4) is 0 Å². The number of likely N-dealkylation sites (tertiary alicyclic amines) is 1. The highest BCUT2D eigenvalue weighted by Gasteiger charge is 2.22. The Hall–Kier alpha value is -2.24. The number of pyridine rings is 1. The fourth-order valence-corrected chi connectivity index (χ4v) is 1.91. The summed E-state index contributed by atoms with van der Waals surface area (Å²) < 4.78 is 0. The molecule has 2 amide bonds. The summed E-state index contributed by atoms with van der Waals surface area (Å²) in [7, 11) is 0. The van der Waals surface area contributed by atoms with Crippen LogP contribution in [0.3, 0.4) is 0 Å². The van der Waals surface area contributed by atoms with Gasteiger partial charge in [0, 0.05) is 31.0 Å². The van der Waals surface area contributed by atoms with E-state index in [0.29, 0.717) is 13.1 Å². The van der Waals surface area contributed by atoms with Gasteiger partial charge in [0.25, 0.3) is 0 Å². The van der Waals surface area contributed by atoms with Crippen LogP contribution in [0.1, 0.15) is 24.8 Å². The lowest BCUT2D eigenvalue weighted by atomic mass is 10.1. The summed E-state index contributed by atoms with van der Waals surface area (Å²) in [4.78, 5) is 28.8. The molecule has 0 saturated carbocycles. The van der Waals surface area contributed by atoms with Crippen molar-refractivity contribution >= 4 is 18.0 Å². The van der Waals surface area contributed by atoms with Crippen LogP contribution in [0.2, 0.25) is 0 Å². The molecule has 0 aliphatic carbocycles. The van der Waals surface area contributed by atoms with Gasteiger partial charge in [0.2, 0.25) is 0 Å². The standard InChI is InChI=1S/C13H16N4O2/c18-12(13(19)17-7-2-1-3-8-17)16-15-10-11-5-4-6-14-9-11/h4-6,9-10H,1-3,7-8H2,(H,16,18)/b15-10+. The second-order valence-corrected chi connectivity index (χ2v) is 4.34. The van der Waals surface area contributed by atoms with Crippen molar-refractivity contribution in [1.82, 2.24) is 15.3 Å². The van der Waals surface area contributed by atoms with E-state index in [1.54, 1.807) is 29.4 Å². The molecule has 1 aliphatic heterocycles. The van der Waals surface area contributed by atoms with Crippen LogP contribution in [0.4, 0.5) is 0 Å². The number of piperidine rings is 1. The minimum Gasteiger partial charge on any atom is -0.334 e. The van der Waals surface area contributed by atoms with Crippen LogP contribution < -0.4 is 5.43 Å². The zero-order chi connectivity index (χ0) is 13.5. The summed E-state index contributed by atoms with van der Waals surface area (Å²) in [6.07, 6.45) is 7.74. The number of amides is 2. The summed E-state index contributed by atoms with van der Waals surface area (Å²) in [6.45, 7) is 1.30. The Bertz CT molecular complexity index is 467. The number of aromatic nitrogens is 1. The maximum atomic E-state index is 11.8. The molecule has 1 aliphatic rings. The fourth-order valence-electron chi connectivity index (χ4n) is 1.91. The summed E-state index contributed by atoms with van der Waals surface area (Å²) in [5, 5.41) is 3.75. The number of carbonyl (C=O) groups excluding carboxylic acids is 2. The lowest BCUT2D eigenvalue weighted by Crippen LogP contribution is -2.43. The van der Waals surface area contributed by atoms with E-state index in [9.17, 15) is 9.59 Å². The van der Waals surface area contributed by atoms with Crippen molar-refractivity contribution in [3.63, 3.8) is 0 Å². The van der Waals surface area contributed by atoms with E-state index in [2.05, 4.69) is 15.5 Å². The Morgan fingerprint density at radius 1 is 1.32 bits per heavy atom. The Morgan fingerprint density at radius 2 is 2.11 bits per heavy atom. The molecule has 6 nitrogen and oxygen atoms in total. The zero-order valence-corrected chi connectivity index (χ0v) is 10.6. The fraction of sp³-hybridized carbons (Fsp3) is 0.385. The molecule has 0 atom stereocenters. The molecule has 1 fully saturated rings. The number of carbonyl (C=O) groups is 2. The van der Waals surface area contributed by atoms with Crippen molar-refractivity contribution < 1.29 is 9.59 Å². The average Bonchev–Trinajstić information content (AvgIpc) is 2.48. The molecule has 0 bridgehead atoms. The van der Waals surface area contributed by atoms with Crippen LogP contribution in [0.5, 0.6) is 0 Å². The Balaban J connectivity index is 1.83. The smallest absolute Gasteiger partial charge is 0.329 e. The molecule has 0 radical (unpaired) electrons. The van der Waals surface area contributed by atoms with Crippen LogP contribution in [0, 0.1) is 0 Å². The lowest BCUT2D eigenvalue weighted by Gasteiger charge is -2.25. The van der Waals surface area contributed by atoms with Gasteiger partial charge in [-0.05, 0) is 25.3 Å². The van der Waals surface area contributed by atoms with Gasteiger partial charge in [-0.1, -0.05) is 6.07 Å². The molecular weight excluding hydrogens is 244 g/mol. The van der Waals surface area contributed by atoms with Gasteiger partial charge in [-0.25, -0.2) is 5.43 Å². The predicted octanol–water partition coefficient (Wildman–Crippen LogP) is 0.544. The largest absolute Gasteiger partial charge is 0.334 e. The van der Waals surface area contributed by atoms with E-state index in [4.69, 9.17) is 0 Å². The quantitative estimate of drug-likeness (QED) is 0.479. The molecule has 1 N–H and O–H groups in total. The van der Waals surface area contributed by atoms with Crippen molar-refractivity contribution in [2.24, 2.45) is 5.10 Å². The molecule has 1 aromatic rings. The van der Waals surface area contributed by atoms with Crippen LogP contribution in [0.15, 0.2) is 29.6 Å². The highest BCUT2D eigenvalue weighted by Crippen LogP contribution is 2.08. The number of nitrogens with one attached hydrogen (secondary N) is 1. The Kier molecular flexibility index (Phi) is 4.60. The summed E-state index contributed by atoms with van der Waals surface area (Å²) in [5.74, 6) is -1.20. The van der Waals surface area contributed by atoms with Crippen molar-refractivity contribution in [2.75, 3.05) is 13.1 Å². The molecule has 1 aromatic heterocycles. The zero-order valence-electron chi connectivity index (χ0n) is 10.6. The van der Waals surface area contributed by atoms with E-state index < -0.39 is 11.8 Å². The highest BCUT2D eigenvalue weighted by molar-refractivity contribution is 6.35. The minimum absolute atomic E-state index is 0.511. The third-order valence-electron chi connectivity index (χ3n) is 2.90. The highest BCUT2D eigenvalue weighted by atomic mass is 16.2. The summed E-state index contributed by atoms with van der Waals surface area (Å²) in [5.41, 5.74) is 3.00. The molecule has 0 spiro atoms. The van der Waals surface area contributed by atoms with E-state index in [1.165, 1.54) is 6.21 Å². The summed E-state index contributed by atoms with van der Waals surface area (Å²) in [6, 6.07) is 3.57. The molecule has 100 valence electrons. The number of hydrazone groups is 1. The first-order chi connectivity index (χ1) is 9.27. The molecule has 0 unspecified atom stereocenters. The van der Waals surface area contributed by atoms with Crippen LogP contribution in [0.25, 0.3) is 0 Å². The third-order valence-corrected chi connectivity index (χ3v) is 2.90. The summed E-state index contributed by atoms with van der Waals surface area (Å²) >= 11 is 0. The second kappa shape index (κ2) is 6.63. The molecule has 2 rings (SSSR count). The first kappa shape index (κ1) is 13.2. The molecule has 19 heavy (non-hydrogen) atoms. The van der Waals surface area contributed by atoms with Gasteiger partial charge in [0.15, 0.2) is 0 Å². The molecule has 0 aromatic carbocycles. The van der Waals surface area contributed by atoms with Crippen LogP contribution >= 0.6 is 0 Å². The Morgan fingerprint density at radius 3 is 2.79 bits per heavy atom. The molecular formula is C13H16N4O2. The van der Waals surface area contributed by atoms with Crippen LogP contribution in [-0.2, 0) is 9.59 Å². The van der Waals surface area contributed by atoms with Crippen molar-refractivity contribution in [1.29, 1.82) is 0 Å². The predicted molar refractivity (Wildman–Crippen MR) is 70.4 cm³/mol. The number of hydrogen-bond donors (Lipinski definition) is 1. The Labute approximate surface area is 111 Å². The van der Waals surface area contributed by atoms with E-state index in [0.717, 1.165) is 24.8 Å². The van der Waals surface area contributed by atoms with Crippen LogP contribution in [-0.4, -0.2) is 41.0 Å². The molecule has 2 heterocycles. The SMILES string of the molecule is O=C(N/N=C/c1cccnc1)C(=O)N1CCCCC1. The number of nitrogens with zero attached hydrogens (tertiary/aromatic N) is 3. The minimum atomic E-state index is -0.693. The topological polar surface area (TPSA) is 74.7 Å². The lowest BCUT2D eigenvalue weighted by molar-refractivity contribution is -0.146. The monoisotopic (exact) mass is 260 g/mol. The van der Waals surface area contributed by atoms with E-state index >= 15 is 0 Å². The van der Waals surface area contributed by atoms with E-state index in [-0.39, 0.29) is 0 Å².